The fraction of sp³-hybridized carbons (Fsp3) is 0.333. The molecule has 0 bridgehead atoms. The van der Waals surface area contributed by atoms with E-state index in [1.54, 1.807) is 11.3 Å². The molecule has 1 fully saturated rings. The van der Waals surface area contributed by atoms with Crippen LogP contribution in [0, 0.1) is 0 Å². The number of para-hydroxylation sites is 2. The van der Waals surface area contributed by atoms with Crippen molar-refractivity contribution >= 4 is 28.3 Å². The number of rotatable bonds is 5. The third-order valence-corrected chi connectivity index (χ3v) is 5.12. The van der Waals surface area contributed by atoms with Crippen LogP contribution >= 0.6 is 11.3 Å². The minimum Gasteiger partial charge on any atom is -0.370 e. The smallest absolute Gasteiger partial charge is 0.240 e. The molecular weight excluding hydrogens is 322 g/mol. The van der Waals surface area contributed by atoms with E-state index >= 15 is 0 Å². The lowest BCUT2D eigenvalue weighted by atomic mass is 10.2. The Hall–Kier alpha value is -2.18. The van der Waals surface area contributed by atoms with Gasteiger partial charge >= 0.3 is 0 Å². The van der Waals surface area contributed by atoms with Crippen molar-refractivity contribution in [1.29, 1.82) is 0 Å². The minimum absolute atomic E-state index is 0.00852. The van der Waals surface area contributed by atoms with Crippen LogP contribution in [-0.2, 0) is 22.6 Å². The molecule has 1 N–H and O–H groups in total. The summed E-state index contributed by atoms with van der Waals surface area (Å²) in [6.07, 6.45) is 1.99. The summed E-state index contributed by atoms with van der Waals surface area (Å²) in [5.74, 6) is 0.853. The molecule has 0 radical (unpaired) electrons. The van der Waals surface area contributed by atoms with Gasteiger partial charge in [-0.15, -0.1) is 11.3 Å². The molecule has 1 aliphatic heterocycles. The van der Waals surface area contributed by atoms with E-state index in [9.17, 15) is 4.79 Å². The molecule has 3 aromatic rings. The summed E-state index contributed by atoms with van der Waals surface area (Å²) in [6.45, 7) is 1.60. The normalized spacial score (nSPS) is 17.4. The van der Waals surface area contributed by atoms with E-state index in [4.69, 9.17) is 9.72 Å². The van der Waals surface area contributed by atoms with Crippen LogP contribution < -0.4 is 5.32 Å². The number of nitrogens with zero attached hydrogens (tertiary/aromatic N) is 2. The fourth-order valence-corrected chi connectivity index (χ4v) is 3.73. The number of thiophene rings is 1. The number of ether oxygens (including phenoxy) is 1. The monoisotopic (exact) mass is 341 g/mol. The third-order valence-electron chi connectivity index (χ3n) is 4.24. The molecule has 1 aromatic carbocycles. The molecule has 1 atom stereocenters. The van der Waals surface area contributed by atoms with Crippen LogP contribution in [0.15, 0.2) is 41.8 Å². The van der Waals surface area contributed by atoms with E-state index in [-0.39, 0.29) is 18.6 Å². The van der Waals surface area contributed by atoms with Gasteiger partial charge in [-0.2, -0.15) is 0 Å². The van der Waals surface area contributed by atoms with Gasteiger partial charge in [-0.1, -0.05) is 18.2 Å². The van der Waals surface area contributed by atoms with Crippen molar-refractivity contribution in [3.63, 3.8) is 0 Å². The molecule has 1 aliphatic rings. The largest absolute Gasteiger partial charge is 0.370 e. The van der Waals surface area contributed by atoms with Crippen molar-refractivity contribution in [3.8, 4) is 0 Å². The van der Waals surface area contributed by atoms with Crippen LogP contribution in [0.25, 0.3) is 11.0 Å². The number of aromatic nitrogens is 2. The highest BCUT2D eigenvalue weighted by Crippen LogP contribution is 2.30. The third kappa shape index (κ3) is 3.07. The number of amides is 1. The number of carbonyl (C=O) groups excluding carboxylic acids is 1. The highest BCUT2D eigenvalue weighted by atomic mass is 32.1. The van der Waals surface area contributed by atoms with Crippen LogP contribution in [0.3, 0.4) is 0 Å². The molecule has 1 saturated heterocycles. The van der Waals surface area contributed by atoms with E-state index < -0.39 is 0 Å². The van der Waals surface area contributed by atoms with Crippen LogP contribution in [0.4, 0.5) is 0 Å². The van der Waals surface area contributed by atoms with Crippen LogP contribution in [0.5, 0.6) is 0 Å². The maximum Gasteiger partial charge on any atom is 0.240 e. The summed E-state index contributed by atoms with van der Waals surface area (Å²) in [5.41, 5.74) is 1.89. The number of fused-ring (bicyclic) bond motifs is 1. The lowest BCUT2D eigenvalue weighted by molar-refractivity contribution is -0.121. The van der Waals surface area contributed by atoms with Gasteiger partial charge in [0.15, 0.2) is 0 Å². The Morgan fingerprint density at radius 1 is 1.33 bits per heavy atom. The van der Waals surface area contributed by atoms with E-state index in [1.807, 2.05) is 46.3 Å². The molecule has 3 heterocycles. The summed E-state index contributed by atoms with van der Waals surface area (Å²) < 4.78 is 7.79. The quantitative estimate of drug-likeness (QED) is 0.775. The molecule has 1 unspecified atom stereocenters. The second-order valence-corrected chi connectivity index (χ2v) is 6.93. The number of nitrogens with one attached hydrogen (secondary N) is 1. The topological polar surface area (TPSA) is 56.2 Å². The van der Waals surface area contributed by atoms with Gasteiger partial charge in [0.05, 0.1) is 17.6 Å². The Labute approximate surface area is 144 Å². The Kier molecular flexibility index (Phi) is 4.32. The van der Waals surface area contributed by atoms with Gasteiger partial charge in [0.25, 0.3) is 0 Å². The first kappa shape index (κ1) is 15.4. The molecule has 5 nitrogen and oxygen atoms in total. The van der Waals surface area contributed by atoms with Gasteiger partial charge < -0.3 is 14.6 Å². The van der Waals surface area contributed by atoms with Gasteiger partial charge in [-0.25, -0.2) is 4.98 Å². The first-order valence-electron chi connectivity index (χ1n) is 8.17. The molecule has 4 rings (SSSR count). The Morgan fingerprint density at radius 2 is 2.25 bits per heavy atom. The van der Waals surface area contributed by atoms with Gasteiger partial charge in [0.1, 0.15) is 18.5 Å². The summed E-state index contributed by atoms with van der Waals surface area (Å²) in [6, 6.07) is 11.9. The maximum atomic E-state index is 12.4. The predicted molar refractivity (Wildman–Crippen MR) is 93.8 cm³/mol. The lowest BCUT2D eigenvalue weighted by Gasteiger charge is -2.13. The maximum absolute atomic E-state index is 12.4. The lowest BCUT2D eigenvalue weighted by Crippen LogP contribution is -2.27. The van der Waals surface area contributed by atoms with Crippen molar-refractivity contribution < 1.29 is 9.53 Å². The average Bonchev–Trinajstić information content (AvgIpc) is 3.34. The summed E-state index contributed by atoms with van der Waals surface area (Å²) in [5, 5.41) is 5.00. The number of hydrogen-bond acceptors (Lipinski definition) is 4. The van der Waals surface area contributed by atoms with Gasteiger partial charge in [0.2, 0.25) is 5.91 Å². The van der Waals surface area contributed by atoms with E-state index in [0.29, 0.717) is 6.54 Å². The zero-order valence-corrected chi connectivity index (χ0v) is 14.1. The molecule has 0 aliphatic carbocycles. The number of imidazole rings is 1. The van der Waals surface area contributed by atoms with Gasteiger partial charge in [0, 0.05) is 11.5 Å². The minimum atomic E-state index is -0.0116. The highest BCUT2D eigenvalue weighted by molar-refractivity contribution is 7.09. The van der Waals surface area contributed by atoms with Crippen LogP contribution in [0.2, 0.25) is 0 Å². The number of carbonyl (C=O) groups is 1. The standard InChI is InChI=1S/C18H19N3O2S/c22-17(19-11-13-5-4-10-24-13)12-21-15-7-2-1-6-14(15)20-18(21)16-8-3-9-23-16/h1-2,4-7,10,16H,3,8-9,11-12H2,(H,19,22). The Bertz CT molecular complexity index is 835. The molecule has 2 aromatic heterocycles. The van der Waals surface area contributed by atoms with Crippen molar-refractivity contribution in [2.75, 3.05) is 6.61 Å². The zero-order chi connectivity index (χ0) is 16.4. The molecular formula is C18H19N3O2S. The first-order chi connectivity index (χ1) is 11.8. The SMILES string of the molecule is O=C(Cn1c(C2CCCO2)nc2ccccc21)NCc1cccs1. The molecule has 24 heavy (non-hydrogen) atoms. The van der Waals surface area contributed by atoms with E-state index in [2.05, 4.69) is 5.32 Å². The second-order valence-electron chi connectivity index (χ2n) is 5.90. The molecule has 0 spiro atoms. The van der Waals surface area contributed by atoms with Crippen molar-refractivity contribution in [1.82, 2.24) is 14.9 Å². The van der Waals surface area contributed by atoms with Crippen LogP contribution in [-0.4, -0.2) is 22.1 Å². The Balaban J connectivity index is 1.57. The van der Waals surface area contributed by atoms with Gasteiger partial charge in [-0.05, 0) is 36.4 Å². The fourth-order valence-electron chi connectivity index (χ4n) is 3.09. The Morgan fingerprint density at radius 3 is 3.04 bits per heavy atom. The summed E-state index contributed by atoms with van der Waals surface area (Å²) in [7, 11) is 0. The molecule has 0 saturated carbocycles. The number of hydrogen-bond donors (Lipinski definition) is 1. The first-order valence-corrected chi connectivity index (χ1v) is 9.05. The molecule has 124 valence electrons. The second kappa shape index (κ2) is 6.75. The van der Waals surface area contributed by atoms with Crippen LogP contribution in [0.1, 0.15) is 29.6 Å². The van der Waals surface area contributed by atoms with E-state index in [1.165, 1.54) is 0 Å². The average molecular weight is 341 g/mol. The zero-order valence-electron chi connectivity index (χ0n) is 13.3. The number of benzene rings is 1. The molecule has 1 amide bonds. The summed E-state index contributed by atoms with van der Waals surface area (Å²) in [4.78, 5) is 18.3. The highest BCUT2D eigenvalue weighted by Gasteiger charge is 2.25. The van der Waals surface area contributed by atoms with Crippen molar-refractivity contribution in [2.24, 2.45) is 0 Å². The van der Waals surface area contributed by atoms with Crippen molar-refractivity contribution in [3.05, 3.63) is 52.5 Å². The predicted octanol–water partition coefficient (Wildman–Crippen LogP) is 3.27. The molecule has 6 heteroatoms. The summed E-state index contributed by atoms with van der Waals surface area (Å²) >= 11 is 1.65. The van der Waals surface area contributed by atoms with E-state index in [0.717, 1.165) is 41.2 Å². The van der Waals surface area contributed by atoms with Crippen molar-refractivity contribution in [2.45, 2.75) is 32.0 Å². The van der Waals surface area contributed by atoms with Gasteiger partial charge in [-0.3, -0.25) is 4.79 Å².